The number of alkyl halides is 3. The molecular weight excluding hydrogens is 381 g/mol. The van der Waals surface area contributed by atoms with Crippen molar-refractivity contribution in [3.05, 3.63) is 65.2 Å². The van der Waals surface area contributed by atoms with Gasteiger partial charge in [-0.1, -0.05) is 12.1 Å². The van der Waals surface area contributed by atoms with Crippen LogP contribution in [0.15, 0.2) is 48.5 Å². The van der Waals surface area contributed by atoms with Crippen LogP contribution in [0.1, 0.15) is 42.5 Å². The van der Waals surface area contributed by atoms with E-state index in [1.165, 1.54) is 12.1 Å². The number of nitrogens with zero attached hydrogens (tertiary/aromatic N) is 2. The van der Waals surface area contributed by atoms with Gasteiger partial charge >= 0.3 is 6.18 Å². The summed E-state index contributed by atoms with van der Waals surface area (Å²) < 4.78 is 44.7. The summed E-state index contributed by atoms with van der Waals surface area (Å²) in [5.74, 6) is 0.548. The van der Waals surface area contributed by atoms with E-state index in [0.717, 1.165) is 18.9 Å². The highest BCUT2D eigenvalue weighted by Crippen LogP contribution is 2.36. The van der Waals surface area contributed by atoms with Crippen LogP contribution in [0.25, 0.3) is 0 Å². The van der Waals surface area contributed by atoms with Gasteiger partial charge in [0.2, 0.25) is 0 Å². The lowest BCUT2D eigenvalue weighted by atomic mass is 10.0. The van der Waals surface area contributed by atoms with Crippen LogP contribution in [0.5, 0.6) is 5.75 Å². The molecule has 2 aromatic carbocycles. The van der Waals surface area contributed by atoms with Crippen molar-refractivity contribution in [2.24, 2.45) is 0 Å². The highest BCUT2D eigenvalue weighted by atomic mass is 19.4. The van der Waals surface area contributed by atoms with Gasteiger partial charge in [0.1, 0.15) is 18.5 Å². The molecule has 1 saturated carbocycles. The Kier molecular flexibility index (Phi) is 6.46. The van der Waals surface area contributed by atoms with E-state index in [1.54, 1.807) is 30.3 Å². The van der Waals surface area contributed by atoms with Gasteiger partial charge in [-0.05, 0) is 61.7 Å². The van der Waals surface area contributed by atoms with E-state index in [1.807, 2.05) is 17.9 Å². The molecule has 1 aliphatic rings. The van der Waals surface area contributed by atoms with Gasteiger partial charge in [0.25, 0.3) is 0 Å². The van der Waals surface area contributed by atoms with Gasteiger partial charge in [0.15, 0.2) is 0 Å². The van der Waals surface area contributed by atoms with Crippen molar-refractivity contribution in [3.63, 3.8) is 0 Å². The maximum absolute atomic E-state index is 13.0. The fourth-order valence-corrected chi connectivity index (χ4v) is 3.31. The van der Waals surface area contributed by atoms with Crippen LogP contribution in [-0.4, -0.2) is 35.3 Å². The second-order valence-electron chi connectivity index (χ2n) is 7.33. The molecule has 0 radical (unpaired) electrons. The quantitative estimate of drug-likeness (QED) is 0.702. The van der Waals surface area contributed by atoms with Crippen LogP contribution in [-0.2, 0) is 6.18 Å². The zero-order valence-corrected chi connectivity index (χ0v) is 16.1. The first-order valence-electron chi connectivity index (χ1n) is 9.52. The molecule has 2 atom stereocenters. The molecule has 1 aliphatic carbocycles. The van der Waals surface area contributed by atoms with Crippen LogP contribution >= 0.6 is 0 Å². The molecule has 154 valence electrons. The summed E-state index contributed by atoms with van der Waals surface area (Å²) in [5, 5.41) is 19.3. The first-order valence-corrected chi connectivity index (χ1v) is 9.52. The van der Waals surface area contributed by atoms with Crippen molar-refractivity contribution in [2.45, 2.75) is 44.1 Å². The maximum atomic E-state index is 13.0. The highest BCUT2D eigenvalue weighted by Gasteiger charge is 2.35. The van der Waals surface area contributed by atoms with E-state index in [2.05, 4.69) is 0 Å². The zero-order valence-electron chi connectivity index (χ0n) is 16.1. The minimum absolute atomic E-state index is 0.0600. The minimum atomic E-state index is -4.38. The molecule has 0 amide bonds. The van der Waals surface area contributed by atoms with E-state index in [4.69, 9.17) is 10.00 Å². The Morgan fingerprint density at radius 1 is 1.21 bits per heavy atom. The molecule has 0 saturated heterocycles. The Morgan fingerprint density at radius 3 is 2.48 bits per heavy atom. The Bertz CT molecular complexity index is 858. The van der Waals surface area contributed by atoms with Gasteiger partial charge in [-0.15, -0.1) is 0 Å². The summed E-state index contributed by atoms with van der Waals surface area (Å²) in [6.07, 6.45) is -3.24. The molecule has 0 aliphatic heterocycles. The lowest BCUT2D eigenvalue weighted by Gasteiger charge is -2.31. The average Bonchev–Trinajstić information content (AvgIpc) is 3.55. The summed E-state index contributed by atoms with van der Waals surface area (Å²) in [7, 11) is 0. The Morgan fingerprint density at radius 2 is 1.90 bits per heavy atom. The second-order valence-corrected chi connectivity index (χ2v) is 7.33. The maximum Gasteiger partial charge on any atom is 0.416 e. The summed E-state index contributed by atoms with van der Waals surface area (Å²) in [6, 6.07) is 14.0. The number of aliphatic hydroxyl groups is 1. The largest absolute Gasteiger partial charge is 0.491 e. The first kappa shape index (κ1) is 21.2. The third-order valence-corrected chi connectivity index (χ3v) is 5.06. The molecule has 0 heterocycles. The van der Waals surface area contributed by atoms with E-state index in [0.29, 0.717) is 23.4 Å². The van der Waals surface area contributed by atoms with Gasteiger partial charge < -0.3 is 9.84 Å². The van der Waals surface area contributed by atoms with Crippen LogP contribution in [0.3, 0.4) is 0 Å². The van der Waals surface area contributed by atoms with E-state index in [-0.39, 0.29) is 18.7 Å². The van der Waals surface area contributed by atoms with Crippen LogP contribution in [0.4, 0.5) is 13.2 Å². The topological polar surface area (TPSA) is 56.5 Å². The molecule has 1 fully saturated rings. The van der Waals surface area contributed by atoms with Gasteiger partial charge in [-0.25, -0.2) is 0 Å². The standard InChI is InChI=1S/C22H23F3N2O2/c1-15(17-3-2-4-18(11-17)22(23,24)25)27(19-7-8-19)13-20(28)14-29-21-9-5-16(12-26)6-10-21/h2-6,9-11,15,19-20,28H,7-8,13-14H2,1H3. The van der Waals surface area contributed by atoms with E-state index < -0.39 is 17.8 Å². The van der Waals surface area contributed by atoms with Crippen LogP contribution < -0.4 is 4.74 Å². The van der Waals surface area contributed by atoms with Crippen molar-refractivity contribution >= 4 is 0 Å². The molecular formula is C22H23F3N2O2. The fraction of sp³-hybridized carbons (Fsp3) is 0.409. The Labute approximate surface area is 168 Å². The van der Waals surface area contributed by atoms with Gasteiger partial charge in [0.05, 0.1) is 17.2 Å². The monoisotopic (exact) mass is 404 g/mol. The zero-order chi connectivity index (χ0) is 21.0. The van der Waals surface area contributed by atoms with Crippen molar-refractivity contribution in [2.75, 3.05) is 13.2 Å². The molecule has 3 rings (SSSR count). The van der Waals surface area contributed by atoms with Crippen molar-refractivity contribution in [1.29, 1.82) is 5.26 Å². The lowest BCUT2D eigenvalue weighted by molar-refractivity contribution is -0.137. The van der Waals surface area contributed by atoms with Crippen LogP contribution in [0.2, 0.25) is 0 Å². The smallest absolute Gasteiger partial charge is 0.416 e. The first-order chi connectivity index (χ1) is 13.8. The van der Waals surface area contributed by atoms with Gasteiger partial charge in [0, 0.05) is 18.6 Å². The second kappa shape index (κ2) is 8.85. The number of benzene rings is 2. The predicted molar refractivity (Wildman–Crippen MR) is 102 cm³/mol. The molecule has 2 aromatic rings. The summed E-state index contributed by atoms with van der Waals surface area (Å²) in [5.41, 5.74) is 0.432. The number of hydrogen-bond donors (Lipinski definition) is 1. The Hall–Kier alpha value is -2.56. The molecule has 1 N–H and O–H groups in total. The molecule has 4 nitrogen and oxygen atoms in total. The molecule has 2 unspecified atom stereocenters. The number of rotatable bonds is 8. The molecule has 0 aromatic heterocycles. The Balaban J connectivity index is 1.63. The van der Waals surface area contributed by atoms with Crippen molar-refractivity contribution in [1.82, 2.24) is 4.90 Å². The number of nitriles is 1. The minimum Gasteiger partial charge on any atom is -0.491 e. The average molecular weight is 404 g/mol. The number of aliphatic hydroxyl groups excluding tert-OH is 1. The fourth-order valence-electron chi connectivity index (χ4n) is 3.31. The third kappa shape index (κ3) is 5.72. The molecule has 7 heteroatoms. The highest BCUT2D eigenvalue weighted by molar-refractivity contribution is 5.34. The molecule has 0 bridgehead atoms. The summed E-state index contributed by atoms with van der Waals surface area (Å²) in [4.78, 5) is 2.04. The normalized spacial score (nSPS) is 16.3. The lowest BCUT2D eigenvalue weighted by Crippen LogP contribution is -2.38. The predicted octanol–water partition coefficient (Wildman–Crippen LogP) is 4.54. The van der Waals surface area contributed by atoms with Crippen LogP contribution in [0, 0.1) is 11.3 Å². The molecule has 0 spiro atoms. The summed E-state index contributed by atoms with van der Waals surface area (Å²) >= 11 is 0. The SMILES string of the molecule is CC(c1cccc(C(F)(F)F)c1)N(CC(O)COc1ccc(C#N)cc1)C1CC1. The third-order valence-electron chi connectivity index (χ3n) is 5.06. The van der Waals surface area contributed by atoms with Crippen molar-refractivity contribution < 1.29 is 23.0 Å². The van der Waals surface area contributed by atoms with E-state index >= 15 is 0 Å². The number of halogens is 3. The van der Waals surface area contributed by atoms with Gasteiger partial charge in [-0.3, -0.25) is 4.90 Å². The molecule has 29 heavy (non-hydrogen) atoms. The number of hydrogen-bond acceptors (Lipinski definition) is 4. The van der Waals surface area contributed by atoms with Gasteiger partial charge in [-0.2, -0.15) is 18.4 Å². The van der Waals surface area contributed by atoms with Crippen molar-refractivity contribution in [3.8, 4) is 11.8 Å². The number of ether oxygens (including phenoxy) is 1. The van der Waals surface area contributed by atoms with E-state index in [9.17, 15) is 18.3 Å². The summed E-state index contributed by atoms with van der Waals surface area (Å²) in [6.45, 7) is 2.23.